The Labute approximate surface area is 161 Å². The summed E-state index contributed by atoms with van der Waals surface area (Å²) in [4.78, 5) is 12.3. The van der Waals surface area contributed by atoms with E-state index in [0.717, 1.165) is 14.1 Å². The molecule has 0 saturated heterocycles. The van der Waals surface area contributed by atoms with Crippen LogP contribution < -0.4 is 14.4 Å². The van der Waals surface area contributed by atoms with Crippen LogP contribution in [0.25, 0.3) is 0 Å². The van der Waals surface area contributed by atoms with Crippen LogP contribution in [-0.4, -0.2) is 33.7 Å². The van der Waals surface area contributed by atoms with E-state index in [1.807, 2.05) is 19.1 Å². The molecule has 0 saturated carbocycles. The number of hydrogen-bond donors (Lipinski definition) is 1. The highest BCUT2D eigenvalue weighted by Crippen LogP contribution is 2.22. The van der Waals surface area contributed by atoms with Gasteiger partial charge in [-0.05, 0) is 78.0 Å². The number of anilines is 2. The van der Waals surface area contributed by atoms with Crippen LogP contribution >= 0.6 is 22.6 Å². The van der Waals surface area contributed by atoms with Gasteiger partial charge in [0.05, 0.1) is 18.6 Å². The fraction of sp³-hybridized carbons (Fsp3) is 0.235. The van der Waals surface area contributed by atoms with Crippen molar-refractivity contribution in [2.24, 2.45) is 0 Å². The van der Waals surface area contributed by atoms with Gasteiger partial charge in [-0.3, -0.25) is 9.10 Å². The zero-order chi connectivity index (χ0) is 18.4. The largest absolute Gasteiger partial charge is 0.494 e. The van der Waals surface area contributed by atoms with Crippen LogP contribution in [0.2, 0.25) is 0 Å². The molecule has 6 nitrogen and oxygen atoms in total. The molecular formula is C17H19IN2O4S. The number of sulfonamides is 1. The standard InChI is InChI=1S/C17H19IN2O4S/c1-3-24-16-10-8-15(9-11-16)20(25(2,22)23)12-17(21)19-14-6-4-13(18)5-7-14/h4-11H,3,12H2,1-2H3,(H,19,21). The summed E-state index contributed by atoms with van der Waals surface area (Å²) < 4.78 is 31.6. The van der Waals surface area contributed by atoms with Crippen molar-refractivity contribution in [1.29, 1.82) is 0 Å². The number of carbonyl (C=O) groups excluding carboxylic acids is 1. The predicted octanol–water partition coefficient (Wildman–Crippen LogP) is 3.09. The van der Waals surface area contributed by atoms with Crippen LogP contribution in [0, 0.1) is 3.57 Å². The van der Waals surface area contributed by atoms with Gasteiger partial charge in [-0.2, -0.15) is 0 Å². The molecule has 0 aliphatic carbocycles. The number of amides is 1. The SMILES string of the molecule is CCOc1ccc(N(CC(=O)Nc2ccc(I)cc2)S(C)(=O)=O)cc1. The van der Waals surface area contributed by atoms with Gasteiger partial charge in [0.2, 0.25) is 15.9 Å². The lowest BCUT2D eigenvalue weighted by Crippen LogP contribution is -2.37. The monoisotopic (exact) mass is 474 g/mol. The van der Waals surface area contributed by atoms with Crippen LogP contribution in [-0.2, 0) is 14.8 Å². The van der Waals surface area contributed by atoms with Crippen LogP contribution in [0.3, 0.4) is 0 Å². The van der Waals surface area contributed by atoms with Gasteiger partial charge in [0.15, 0.2) is 0 Å². The molecule has 1 N–H and O–H groups in total. The highest BCUT2D eigenvalue weighted by molar-refractivity contribution is 14.1. The molecule has 1 amide bonds. The van der Waals surface area contributed by atoms with Gasteiger partial charge in [-0.25, -0.2) is 8.42 Å². The maximum absolute atomic E-state index is 12.3. The Balaban J connectivity index is 2.14. The van der Waals surface area contributed by atoms with Crippen molar-refractivity contribution >= 4 is 49.9 Å². The molecule has 0 aliphatic rings. The molecule has 2 rings (SSSR count). The Morgan fingerprint density at radius 1 is 1.12 bits per heavy atom. The Bertz CT molecular complexity index is 821. The van der Waals surface area contributed by atoms with Crippen LogP contribution in [0.15, 0.2) is 48.5 Å². The van der Waals surface area contributed by atoms with Crippen molar-refractivity contribution in [3.63, 3.8) is 0 Å². The molecule has 0 fully saturated rings. The van der Waals surface area contributed by atoms with Gasteiger partial charge in [-0.1, -0.05) is 0 Å². The van der Waals surface area contributed by atoms with Crippen molar-refractivity contribution in [2.45, 2.75) is 6.92 Å². The molecule has 134 valence electrons. The molecule has 0 atom stereocenters. The van der Waals surface area contributed by atoms with Crippen molar-refractivity contribution in [3.8, 4) is 5.75 Å². The van der Waals surface area contributed by atoms with Gasteiger partial charge < -0.3 is 10.1 Å². The third-order valence-corrected chi connectivity index (χ3v) is 5.11. The second kappa shape index (κ2) is 8.52. The second-order valence-corrected chi connectivity index (χ2v) is 8.40. The number of benzene rings is 2. The molecule has 8 heteroatoms. The quantitative estimate of drug-likeness (QED) is 0.626. The maximum Gasteiger partial charge on any atom is 0.245 e. The summed E-state index contributed by atoms with van der Waals surface area (Å²) in [5.74, 6) is 0.226. The van der Waals surface area contributed by atoms with Crippen LogP contribution in [0.4, 0.5) is 11.4 Å². The summed E-state index contributed by atoms with van der Waals surface area (Å²) in [6.07, 6.45) is 1.07. The first-order valence-corrected chi connectivity index (χ1v) is 10.5. The predicted molar refractivity (Wildman–Crippen MR) is 108 cm³/mol. The molecule has 0 aromatic heterocycles. The summed E-state index contributed by atoms with van der Waals surface area (Å²) in [5.41, 5.74) is 1.02. The Hall–Kier alpha value is -1.81. The molecule has 0 heterocycles. The van der Waals surface area contributed by atoms with E-state index in [1.54, 1.807) is 36.4 Å². The lowest BCUT2D eigenvalue weighted by molar-refractivity contribution is -0.114. The summed E-state index contributed by atoms with van der Waals surface area (Å²) in [7, 11) is -3.61. The number of nitrogens with one attached hydrogen (secondary N) is 1. The minimum Gasteiger partial charge on any atom is -0.494 e. The van der Waals surface area contributed by atoms with E-state index in [1.165, 1.54) is 0 Å². The zero-order valence-electron chi connectivity index (χ0n) is 13.9. The van der Waals surface area contributed by atoms with Gasteiger partial charge >= 0.3 is 0 Å². The molecule has 0 radical (unpaired) electrons. The number of carbonyl (C=O) groups is 1. The van der Waals surface area contributed by atoms with E-state index < -0.39 is 15.9 Å². The van der Waals surface area contributed by atoms with E-state index in [0.29, 0.717) is 23.7 Å². The first-order chi connectivity index (χ1) is 11.8. The normalized spacial score (nSPS) is 11.0. The molecule has 0 unspecified atom stereocenters. The average molecular weight is 474 g/mol. The number of ether oxygens (including phenoxy) is 1. The lowest BCUT2D eigenvalue weighted by Gasteiger charge is -2.22. The molecule has 0 spiro atoms. The van der Waals surface area contributed by atoms with Crippen LogP contribution in [0.1, 0.15) is 6.92 Å². The van der Waals surface area contributed by atoms with E-state index in [4.69, 9.17) is 4.74 Å². The summed E-state index contributed by atoms with van der Waals surface area (Å²) in [6, 6.07) is 13.8. The number of hydrogen-bond acceptors (Lipinski definition) is 4. The van der Waals surface area contributed by atoms with Crippen molar-refractivity contribution in [1.82, 2.24) is 0 Å². The fourth-order valence-corrected chi connectivity index (χ4v) is 3.36. The highest BCUT2D eigenvalue weighted by Gasteiger charge is 2.21. The number of rotatable bonds is 7. The second-order valence-electron chi connectivity index (χ2n) is 5.25. The maximum atomic E-state index is 12.3. The first kappa shape index (κ1) is 19.5. The van der Waals surface area contributed by atoms with Crippen molar-refractivity contribution in [2.75, 3.05) is 29.0 Å². The first-order valence-electron chi connectivity index (χ1n) is 7.55. The van der Waals surface area contributed by atoms with E-state index >= 15 is 0 Å². The van der Waals surface area contributed by atoms with E-state index in [-0.39, 0.29) is 6.54 Å². The average Bonchev–Trinajstić information content (AvgIpc) is 2.55. The molecule has 0 aliphatic heterocycles. The minimum absolute atomic E-state index is 0.307. The molecule has 25 heavy (non-hydrogen) atoms. The number of halogens is 1. The smallest absolute Gasteiger partial charge is 0.245 e. The fourth-order valence-electron chi connectivity index (χ4n) is 2.14. The highest BCUT2D eigenvalue weighted by atomic mass is 127. The van der Waals surface area contributed by atoms with Crippen LogP contribution in [0.5, 0.6) is 5.75 Å². The summed E-state index contributed by atoms with van der Waals surface area (Å²) in [6.45, 7) is 2.08. The molecule has 2 aromatic rings. The molecular weight excluding hydrogens is 455 g/mol. The topological polar surface area (TPSA) is 75.7 Å². The Kier molecular flexibility index (Phi) is 6.65. The lowest BCUT2D eigenvalue weighted by atomic mass is 10.3. The minimum atomic E-state index is -3.61. The summed E-state index contributed by atoms with van der Waals surface area (Å²) >= 11 is 2.17. The summed E-state index contributed by atoms with van der Waals surface area (Å²) in [5, 5.41) is 2.70. The van der Waals surface area contributed by atoms with Crippen molar-refractivity contribution < 1.29 is 17.9 Å². The van der Waals surface area contributed by atoms with Gasteiger partial charge in [0, 0.05) is 9.26 Å². The van der Waals surface area contributed by atoms with Gasteiger partial charge in [0.1, 0.15) is 12.3 Å². The van der Waals surface area contributed by atoms with Crippen molar-refractivity contribution in [3.05, 3.63) is 52.1 Å². The Morgan fingerprint density at radius 2 is 1.72 bits per heavy atom. The third kappa shape index (κ3) is 5.89. The number of nitrogens with zero attached hydrogens (tertiary/aromatic N) is 1. The third-order valence-electron chi connectivity index (χ3n) is 3.25. The Morgan fingerprint density at radius 3 is 2.24 bits per heavy atom. The molecule has 2 aromatic carbocycles. The van der Waals surface area contributed by atoms with Gasteiger partial charge in [0.25, 0.3) is 0 Å². The zero-order valence-corrected chi connectivity index (χ0v) is 16.9. The van der Waals surface area contributed by atoms with Gasteiger partial charge in [-0.15, -0.1) is 0 Å². The molecule has 0 bridgehead atoms. The van der Waals surface area contributed by atoms with E-state index in [9.17, 15) is 13.2 Å². The van der Waals surface area contributed by atoms with E-state index in [2.05, 4.69) is 27.9 Å².